The molecule has 0 bridgehead atoms. The number of halogens is 4. The number of aryl methyl sites for hydroxylation is 1. The molecule has 2 rings (SSSR count). The van der Waals surface area contributed by atoms with Gasteiger partial charge in [-0.25, -0.2) is 4.39 Å². The lowest BCUT2D eigenvalue weighted by molar-refractivity contribution is 0.142. The lowest BCUT2D eigenvalue weighted by Crippen LogP contribution is -2.04. The van der Waals surface area contributed by atoms with E-state index in [1.807, 2.05) is 0 Å². The minimum Gasteiger partial charge on any atom is -0.494 e. The molecule has 8 heteroatoms. The van der Waals surface area contributed by atoms with Crippen LogP contribution in [0.2, 0.25) is 5.02 Å². The van der Waals surface area contributed by atoms with Crippen LogP contribution in [0.4, 0.5) is 4.39 Å². The summed E-state index contributed by atoms with van der Waals surface area (Å²) >= 11 is 17.5. The summed E-state index contributed by atoms with van der Waals surface area (Å²) in [6, 6.07) is 9.79. The Labute approximate surface area is 184 Å². The highest BCUT2D eigenvalue weighted by atomic mass is 35.5. The summed E-state index contributed by atoms with van der Waals surface area (Å²) in [4.78, 5) is 5.42. The van der Waals surface area contributed by atoms with E-state index in [1.54, 1.807) is 31.2 Å². The maximum atomic E-state index is 12.9. The number of oxime groups is 1. The third kappa shape index (κ3) is 7.77. The molecule has 0 spiro atoms. The first kappa shape index (κ1) is 23.3. The van der Waals surface area contributed by atoms with Crippen LogP contribution in [0.3, 0.4) is 0 Å². The van der Waals surface area contributed by atoms with Crippen molar-refractivity contribution < 1.29 is 18.7 Å². The van der Waals surface area contributed by atoms with Gasteiger partial charge in [-0.1, -0.05) is 52.1 Å². The molecule has 0 amide bonds. The van der Waals surface area contributed by atoms with E-state index in [-0.39, 0.29) is 16.9 Å². The fourth-order valence-electron chi connectivity index (χ4n) is 2.51. The van der Waals surface area contributed by atoms with Crippen molar-refractivity contribution in [2.24, 2.45) is 5.16 Å². The lowest BCUT2D eigenvalue weighted by atomic mass is 10.1. The average molecular weight is 461 g/mol. The Morgan fingerprint density at radius 3 is 2.55 bits per heavy atom. The zero-order valence-electron chi connectivity index (χ0n) is 16.1. The molecule has 0 N–H and O–H groups in total. The van der Waals surface area contributed by atoms with Gasteiger partial charge in [0.15, 0.2) is 0 Å². The van der Waals surface area contributed by atoms with Crippen molar-refractivity contribution in [2.45, 2.75) is 19.8 Å². The van der Waals surface area contributed by atoms with Crippen molar-refractivity contribution in [3.8, 4) is 11.5 Å². The molecule has 2 aromatic carbocycles. The highest BCUT2D eigenvalue weighted by Gasteiger charge is 2.14. The van der Waals surface area contributed by atoms with Gasteiger partial charge in [-0.05, 0) is 49.6 Å². The smallest absolute Gasteiger partial charge is 0.146 e. The number of rotatable bonds is 10. The van der Waals surface area contributed by atoms with Gasteiger partial charge in [0.25, 0.3) is 0 Å². The molecule has 0 atom stereocenters. The van der Waals surface area contributed by atoms with Crippen molar-refractivity contribution >= 4 is 40.5 Å². The molecular formula is C21H21Cl3FNO3. The maximum Gasteiger partial charge on any atom is 0.146 e. The Hall–Kier alpha value is -1.95. The van der Waals surface area contributed by atoms with E-state index >= 15 is 0 Å². The molecule has 0 aliphatic carbocycles. The van der Waals surface area contributed by atoms with Crippen molar-refractivity contribution in [2.75, 3.05) is 20.3 Å². The Kier molecular flexibility index (Phi) is 9.58. The normalized spacial score (nSPS) is 11.2. The number of benzene rings is 2. The first-order valence-electron chi connectivity index (χ1n) is 8.83. The second kappa shape index (κ2) is 11.9. The minimum absolute atomic E-state index is 0.122. The highest BCUT2D eigenvalue weighted by molar-refractivity contribution is 6.55. The first-order valence-corrected chi connectivity index (χ1v) is 9.97. The van der Waals surface area contributed by atoms with Crippen LogP contribution < -0.4 is 9.47 Å². The van der Waals surface area contributed by atoms with E-state index in [0.717, 1.165) is 18.4 Å². The molecule has 0 aromatic heterocycles. The Balaban J connectivity index is 1.99. The van der Waals surface area contributed by atoms with Crippen LogP contribution in [0.25, 0.3) is 0 Å². The van der Waals surface area contributed by atoms with Crippen LogP contribution >= 0.6 is 34.8 Å². The summed E-state index contributed by atoms with van der Waals surface area (Å²) in [6.45, 7) is 2.40. The molecule has 156 valence electrons. The van der Waals surface area contributed by atoms with Gasteiger partial charge >= 0.3 is 0 Å². The van der Waals surface area contributed by atoms with Gasteiger partial charge in [0.2, 0.25) is 0 Å². The summed E-state index contributed by atoms with van der Waals surface area (Å²) in [6.07, 6.45) is 3.03. The van der Waals surface area contributed by atoms with Gasteiger partial charge < -0.3 is 14.3 Å². The number of nitrogens with zero attached hydrogens (tertiary/aromatic N) is 1. The van der Waals surface area contributed by atoms with Gasteiger partial charge in [-0.3, -0.25) is 0 Å². The van der Waals surface area contributed by atoms with Gasteiger partial charge in [0.05, 0.1) is 17.8 Å². The van der Waals surface area contributed by atoms with E-state index in [1.165, 1.54) is 25.3 Å². The van der Waals surface area contributed by atoms with Crippen LogP contribution in [0, 0.1) is 5.82 Å². The van der Waals surface area contributed by atoms with Gasteiger partial charge in [0.1, 0.15) is 35.0 Å². The van der Waals surface area contributed by atoms with Crippen molar-refractivity contribution in [1.82, 2.24) is 0 Å². The minimum atomic E-state index is -0.245. The highest BCUT2D eigenvalue weighted by Crippen LogP contribution is 2.34. The summed E-state index contributed by atoms with van der Waals surface area (Å²) in [5.74, 6) is 0.745. The standard InChI is InChI=1S/C21H21Cl3FNO3/c1-14(26-29-10-3-4-15-5-7-16(25)8-6-15)18-12-17(28-11-9-20(23)24)13-19(22)21(18)27-2/h5-9,12-13H,3-4,10-11H2,1-2H3/b26-14+. The summed E-state index contributed by atoms with van der Waals surface area (Å²) in [5.41, 5.74) is 2.27. The molecule has 2 aromatic rings. The maximum absolute atomic E-state index is 12.9. The largest absolute Gasteiger partial charge is 0.494 e. The number of ether oxygens (including phenoxy) is 2. The van der Waals surface area contributed by atoms with E-state index < -0.39 is 0 Å². The zero-order chi connectivity index (χ0) is 21.2. The molecule has 0 fully saturated rings. The summed E-state index contributed by atoms with van der Waals surface area (Å²) < 4.78 is 24.0. The molecule has 0 saturated carbocycles. The van der Waals surface area contributed by atoms with Crippen molar-refractivity contribution in [3.63, 3.8) is 0 Å². The fraction of sp³-hybridized carbons (Fsp3) is 0.286. The Morgan fingerprint density at radius 1 is 1.17 bits per heavy atom. The second-order valence-corrected chi connectivity index (χ2v) is 7.45. The molecule has 4 nitrogen and oxygen atoms in total. The molecular weight excluding hydrogens is 440 g/mol. The predicted octanol–water partition coefficient (Wildman–Crippen LogP) is 6.56. The molecule has 29 heavy (non-hydrogen) atoms. The Bertz CT molecular complexity index is 866. The number of hydrogen-bond acceptors (Lipinski definition) is 4. The predicted molar refractivity (Wildman–Crippen MR) is 116 cm³/mol. The monoisotopic (exact) mass is 459 g/mol. The first-order chi connectivity index (χ1) is 13.9. The van der Waals surface area contributed by atoms with Crippen LogP contribution in [0.5, 0.6) is 11.5 Å². The molecule has 0 aliphatic rings. The van der Waals surface area contributed by atoms with Crippen LogP contribution in [-0.2, 0) is 11.3 Å². The fourth-order valence-corrected chi connectivity index (χ4v) is 2.93. The summed E-state index contributed by atoms with van der Waals surface area (Å²) in [5, 5.41) is 4.53. The van der Waals surface area contributed by atoms with E-state index in [0.29, 0.717) is 34.4 Å². The molecule has 0 saturated heterocycles. The molecule has 0 radical (unpaired) electrons. The topological polar surface area (TPSA) is 40.0 Å². The average Bonchev–Trinajstić information content (AvgIpc) is 2.68. The van der Waals surface area contributed by atoms with Gasteiger partial charge in [0, 0.05) is 11.6 Å². The van der Waals surface area contributed by atoms with Crippen LogP contribution in [-0.4, -0.2) is 26.0 Å². The Morgan fingerprint density at radius 2 is 1.90 bits per heavy atom. The quantitative estimate of drug-likeness (QED) is 0.229. The van der Waals surface area contributed by atoms with Crippen molar-refractivity contribution in [3.05, 3.63) is 68.9 Å². The van der Waals surface area contributed by atoms with Crippen LogP contribution in [0.15, 0.2) is 52.1 Å². The third-order valence-corrected chi connectivity index (χ3v) is 4.50. The van der Waals surface area contributed by atoms with E-state index in [2.05, 4.69) is 5.16 Å². The van der Waals surface area contributed by atoms with Crippen molar-refractivity contribution in [1.29, 1.82) is 0 Å². The van der Waals surface area contributed by atoms with E-state index in [4.69, 9.17) is 49.1 Å². The second-order valence-electron chi connectivity index (χ2n) is 6.03. The number of methoxy groups -OCH3 is 1. The SMILES string of the molecule is COc1c(Cl)cc(OCC=C(Cl)Cl)cc1/C(C)=N/OCCCc1ccc(F)cc1. The molecule has 0 heterocycles. The van der Waals surface area contributed by atoms with Gasteiger partial charge in [-0.15, -0.1) is 0 Å². The zero-order valence-corrected chi connectivity index (χ0v) is 18.3. The number of hydrogen-bond donors (Lipinski definition) is 0. The van der Waals surface area contributed by atoms with Crippen LogP contribution in [0.1, 0.15) is 24.5 Å². The molecule has 0 aliphatic heterocycles. The van der Waals surface area contributed by atoms with E-state index in [9.17, 15) is 4.39 Å². The third-order valence-electron chi connectivity index (χ3n) is 3.91. The lowest BCUT2D eigenvalue weighted by Gasteiger charge is -2.13. The summed E-state index contributed by atoms with van der Waals surface area (Å²) in [7, 11) is 1.53. The molecule has 0 unspecified atom stereocenters. The van der Waals surface area contributed by atoms with Gasteiger partial charge in [-0.2, -0.15) is 0 Å².